The third kappa shape index (κ3) is 2.57. The molecule has 0 spiro atoms. The topological polar surface area (TPSA) is 55.4 Å². The molecule has 0 bridgehead atoms. The highest BCUT2D eigenvalue weighted by Crippen LogP contribution is 2.31. The van der Waals surface area contributed by atoms with Crippen LogP contribution in [-0.2, 0) is 26.6 Å². The normalized spacial score (nSPS) is 14.1. The fraction of sp³-hybridized carbons (Fsp3) is 1.00. The Hall–Kier alpha value is 0.411. The van der Waals surface area contributed by atoms with Gasteiger partial charge in [0, 0.05) is 42.7 Å². The first-order valence-corrected chi connectivity index (χ1v) is 13.6. The van der Waals surface area contributed by atoms with E-state index in [1.165, 1.54) is 0 Å². The first kappa shape index (κ1) is 17.4. The average Bonchev–Trinajstić information content (AvgIpc) is 2.36. The molecule has 0 radical (unpaired) electrons. The SMILES string of the molecule is CO[Si](C)(C)[Si](OC)(OC)[Si](OC)(OC)OC. The molecule has 17 heavy (non-hydrogen) atoms. The van der Waals surface area contributed by atoms with Crippen LogP contribution in [0.2, 0.25) is 13.1 Å². The number of rotatable bonds is 8. The molecular formula is C8H24O6Si3. The van der Waals surface area contributed by atoms with Crippen LogP contribution in [0, 0.1) is 0 Å². The van der Waals surface area contributed by atoms with Crippen molar-refractivity contribution in [1.29, 1.82) is 0 Å². The highest BCUT2D eigenvalue weighted by Gasteiger charge is 2.75. The van der Waals surface area contributed by atoms with Gasteiger partial charge in [0.25, 0.3) is 0 Å². The third-order valence-corrected chi connectivity index (χ3v) is 29.5. The summed E-state index contributed by atoms with van der Waals surface area (Å²) in [5.74, 6) is 0. The van der Waals surface area contributed by atoms with Crippen molar-refractivity contribution < 1.29 is 26.6 Å². The summed E-state index contributed by atoms with van der Waals surface area (Å²) >= 11 is 0. The van der Waals surface area contributed by atoms with Crippen molar-refractivity contribution in [1.82, 2.24) is 0 Å². The molecule has 104 valence electrons. The van der Waals surface area contributed by atoms with Gasteiger partial charge in [-0.3, -0.25) is 0 Å². The van der Waals surface area contributed by atoms with E-state index in [1.54, 1.807) is 42.7 Å². The van der Waals surface area contributed by atoms with E-state index in [2.05, 4.69) is 0 Å². The molecule has 0 aromatic heterocycles. The Morgan fingerprint density at radius 2 is 0.882 bits per heavy atom. The van der Waals surface area contributed by atoms with Crippen LogP contribution in [0.3, 0.4) is 0 Å². The maximum atomic E-state index is 5.72. The molecule has 9 heteroatoms. The van der Waals surface area contributed by atoms with Gasteiger partial charge in [-0.05, 0) is 13.1 Å². The first-order valence-electron chi connectivity index (χ1n) is 5.17. The van der Waals surface area contributed by atoms with E-state index in [9.17, 15) is 0 Å². The van der Waals surface area contributed by atoms with Crippen molar-refractivity contribution in [2.45, 2.75) is 13.1 Å². The van der Waals surface area contributed by atoms with Crippen LogP contribution in [0.1, 0.15) is 0 Å². The zero-order chi connectivity index (χ0) is 13.7. The molecule has 0 fully saturated rings. The molecule has 0 unspecified atom stereocenters. The molecule has 6 nitrogen and oxygen atoms in total. The van der Waals surface area contributed by atoms with E-state index in [1.807, 2.05) is 13.1 Å². The Bertz CT molecular complexity index is 221. The quantitative estimate of drug-likeness (QED) is 0.612. The van der Waals surface area contributed by atoms with E-state index in [0.29, 0.717) is 0 Å². The van der Waals surface area contributed by atoms with Gasteiger partial charge in [0.2, 0.25) is 7.83 Å². The lowest BCUT2D eigenvalue weighted by Crippen LogP contribution is -2.82. The Morgan fingerprint density at radius 1 is 0.529 bits per heavy atom. The van der Waals surface area contributed by atoms with Gasteiger partial charge in [-0.15, -0.1) is 0 Å². The van der Waals surface area contributed by atoms with Crippen LogP contribution in [0.25, 0.3) is 0 Å². The summed E-state index contributed by atoms with van der Waals surface area (Å²) in [7, 11) is 1.36. The predicted molar refractivity (Wildman–Crippen MR) is 71.0 cm³/mol. The Morgan fingerprint density at radius 3 is 1.06 bits per heavy atom. The average molecular weight is 301 g/mol. The van der Waals surface area contributed by atoms with Crippen molar-refractivity contribution in [3.05, 3.63) is 0 Å². The van der Waals surface area contributed by atoms with E-state index < -0.39 is 23.8 Å². The first-order chi connectivity index (χ1) is 7.86. The molecule has 0 aromatic rings. The van der Waals surface area contributed by atoms with Crippen LogP contribution in [-0.4, -0.2) is 66.4 Å². The maximum absolute atomic E-state index is 5.72. The fourth-order valence-electron chi connectivity index (χ4n) is 1.98. The summed E-state index contributed by atoms with van der Waals surface area (Å²) in [4.78, 5) is 0. The second-order valence-electron chi connectivity index (χ2n) is 3.91. The molecule has 0 aromatic carbocycles. The second-order valence-corrected chi connectivity index (χ2v) is 22.6. The molecule has 0 N–H and O–H groups in total. The van der Waals surface area contributed by atoms with Gasteiger partial charge in [-0.2, -0.15) is 0 Å². The largest absolute Gasteiger partial charge is 0.537 e. The molecule has 0 rings (SSSR count). The second kappa shape index (κ2) is 6.54. The summed E-state index contributed by atoms with van der Waals surface area (Å²) in [5.41, 5.74) is 0. The maximum Gasteiger partial charge on any atom is 0.537 e. The van der Waals surface area contributed by atoms with Crippen LogP contribution >= 0.6 is 0 Å². The summed E-state index contributed by atoms with van der Waals surface area (Å²) in [6.45, 7) is 4.04. The van der Waals surface area contributed by atoms with Crippen molar-refractivity contribution >= 4 is 23.8 Å². The van der Waals surface area contributed by atoms with Gasteiger partial charge in [0.15, 0.2) is 0 Å². The lowest BCUT2D eigenvalue weighted by molar-refractivity contribution is 0.119. The zero-order valence-corrected chi connectivity index (χ0v) is 14.9. The minimum atomic E-state index is -3.02. The van der Waals surface area contributed by atoms with Gasteiger partial charge in [0.1, 0.15) is 0 Å². The van der Waals surface area contributed by atoms with E-state index in [0.717, 1.165) is 0 Å². The summed E-state index contributed by atoms with van der Waals surface area (Å²) in [5, 5.41) is 0. The highest BCUT2D eigenvalue weighted by atomic mass is 29.7. The Balaban J connectivity index is 5.76. The van der Waals surface area contributed by atoms with E-state index >= 15 is 0 Å². The Labute approximate surface area is 106 Å². The molecule has 0 amide bonds. The van der Waals surface area contributed by atoms with Crippen molar-refractivity contribution in [2.24, 2.45) is 0 Å². The summed E-state index contributed by atoms with van der Waals surface area (Å²) in [6, 6.07) is 0. The predicted octanol–water partition coefficient (Wildman–Crippen LogP) is 0.608. The lowest BCUT2D eigenvalue weighted by atomic mass is 11.8. The van der Waals surface area contributed by atoms with Gasteiger partial charge in [-0.1, -0.05) is 0 Å². The fourth-order valence-corrected chi connectivity index (χ4v) is 26.1. The Kier molecular flexibility index (Phi) is 6.70. The summed E-state index contributed by atoms with van der Waals surface area (Å²) < 4.78 is 33.7. The molecule has 0 saturated carbocycles. The van der Waals surface area contributed by atoms with Crippen molar-refractivity contribution in [3.8, 4) is 0 Å². The van der Waals surface area contributed by atoms with Crippen LogP contribution < -0.4 is 0 Å². The molecule has 0 aliphatic carbocycles. The molecule has 0 saturated heterocycles. The van der Waals surface area contributed by atoms with Crippen LogP contribution in [0.5, 0.6) is 0 Å². The van der Waals surface area contributed by atoms with E-state index in [4.69, 9.17) is 26.6 Å². The monoisotopic (exact) mass is 300 g/mol. The van der Waals surface area contributed by atoms with Gasteiger partial charge in [0.05, 0.1) is 0 Å². The molecule has 0 atom stereocenters. The lowest BCUT2D eigenvalue weighted by Gasteiger charge is -2.44. The standard InChI is InChI=1S/C8H24O6Si3/c1-9-15(7,8)17(13-5,14-6)16(10-2,11-3)12-4/h1-8H3. The van der Waals surface area contributed by atoms with Crippen molar-refractivity contribution in [3.63, 3.8) is 0 Å². The number of hydrogen-bond donors (Lipinski definition) is 0. The van der Waals surface area contributed by atoms with Gasteiger partial charge >= 0.3 is 15.9 Å². The molecule has 0 aliphatic heterocycles. The summed E-state index contributed by atoms with van der Waals surface area (Å²) in [6.07, 6.45) is 0. The molecule has 0 aliphatic rings. The van der Waals surface area contributed by atoms with Crippen LogP contribution in [0.15, 0.2) is 0 Å². The van der Waals surface area contributed by atoms with E-state index in [-0.39, 0.29) is 0 Å². The number of hydrogen-bond acceptors (Lipinski definition) is 6. The molecular weight excluding hydrogens is 276 g/mol. The van der Waals surface area contributed by atoms with Crippen LogP contribution in [0.4, 0.5) is 0 Å². The minimum Gasteiger partial charge on any atom is -0.417 e. The minimum absolute atomic E-state index is 1.55. The highest BCUT2D eigenvalue weighted by molar-refractivity contribution is 7.60. The molecule has 0 heterocycles. The van der Waals surface area contributed by atoms with Gasteiger partial charge in [-0.25, -0.2) is 0 Å². The van der Waals surface area contributed by atoms with Gasteiger partial charge < -0.3 is 26.6 Å². The smallest absolute Gasteiger partial charge is 0.417 e. The van der Waals surface area contributed by atoms with Crippen molar-refractivity contribution in [2.75, 3.05) is 42.7 Å². The third-order valence-electron chi connectivity index (χ3n) is 3.09. The zero-order valence-electron chi connectivity index (χ0n) is 11.9.